The number of aliphatic hydroxyl groups excluding tert-OH is 1. The molecule has 0 unspecified atom stereocenters. The molecule has 0 heterocycles. The summed E-state index contributed by atoms with van der Waals surface area (Å²) in [6.45, 7) is 1.27. The molecule has 0 aliphatic heterocycles. The van der Waals surface area contributed by atoms with Crippen LogP contribution in [0.1, 0.15) is 37.7 Å². The lowest BCUT2D eigenvalue weighted by molar-refractivity contribution is 0.116. The van der Waals surface area contributed by atoms with Gasteiger partial charge in [-0.1, -0.05) is 36.9 Å². The SMILES string of the molecule is OCCN(Cc1ccc(Cl)cc1F)C1CCCCC1. The van der Waals surface area contributed by atoms with E-state index < -0.39 is 0 Å². The van der Waals surface area contributed by atoms with Crippen molar-refractivity contribution in [2.45, 2.75) is 44.7 Å². The monoisotopic (exact) mass is 285 g/mol. The van der Waals surface area contributed by atoms with Crippen LogP contribution < -0.4 is 0 Å². The molecule has 0 atom stereocenters. The molecule has 1 saturated carbocycles. The molecule has 19 heavy (non-hydrogen) atoms. The molecule has 2 nitrogen and oxygen atoms in total. The van der Waals surface area contributed by atoms with E-state index in [2.05, 4.69) is 4.90 Å². The molecule has 0 saturated heterocycles. The largest absolute Gasteiger partial charge is 0.395 e. The molecule has 0 spiro atoms. The van der Waals surface area contributed by atoms with Gasteiger partial charge in [-0.3, -0.25) is 4.90 Å². The Morgan fingerprint density at radius 1 is 1.26 bits per heavy atom. The first kappa shape index (κ1) is 14.8. The third-order valence-corrected chi connectivity index (χ3v) is 4.10. The lowest BCUT2D eigenvalue weighted by Crippen LogP contribution is -2.38. The van der Waals surface area contributed by atoms with Gasteiger partial charge in [0.05, 0.1) is 6.61 Å². The summed E-state index contributed by atoms with van der Waals surface area (Å²) in [7, 11) is 0. The van der Waals surface area contributed by atoms with E-state index in [1.165, 1.54) is 25.3 Å². The van der Waals surface area contributed by atoms with Crippen molar-refractivity contribution in [3.05, 3.63) is 34.6 Å². The molecule has 1 aliphatic rings. The second-order valence-corrected chi connectivity index (χ2v) is 5.66. The van der Waals surface area contributed by atoms with Crippen molar-refractivity contribution in [2.24, 2.45) is 0 Å². The molecule has 106 valence electrons. The predicted molar refractivity (Wildman–Crippen MR) is 75.8 cm³/mol. The van der Waals surface area contributed by atoms with Crippen LogP contribution in [0.4, 0.5) is 4.39 Å². The second-order valence-electron chi connectivity index (χ2n) is 5.22. The lowest BCUT2D eigenvalue weighted by Gasteiger charge is -2.34. The molecule has 1 aliphatic carbocycles. The van der Waals surface area contributed by atoms with Crippen LogP contribution in [0.25, 0.3) is 0 Å². The first-order valence-electron chi connectivity index (χ1n) is 6.99. The van der Waals surface area contributed by atoms with Gasteiger partial charge in [-0.15, -0.1) is 0 Å². The summed E-state index contributed by atoms with van der Waals surface area (Å²) in [5.41, 5.74) is 0.656. The van der Waals surface area contributed by atoms with Crippen LogP contribution in [0, 0.1) is 5.82 Å². The molecule has 0 bridgehead atoms. The van der Waals surface area contributed by atoms with E-state index in [9.17, 15) is 9.50 Å². The average molecular weight is 286 g/mol. The Bertz CT molecular complexity index is 407. The van der Waals surface area contributed by atoms with Gasteiger partial charge in [0.25, 0.3) is 0 Å². The first-order chi connectivity index (χ1) is 9.20. The van der Waals surface area contributed by atoms with E-state index in [-0.39, 0.29) is 12.4 Å². The minimum Gasteiger partial charge on any atom is -0.395 e. The molecule has 2 rings (SSSR count). The van der Waals surface area contributed by atoms with E-state index in [1.807, 2.05) is 0 Å². The van der Waals surface area contributed by atoms with Gasteiger partial charge >= 0.3 is 0 Å². The fourth-order valence-corrected chi connectivity index (χ4v) is 2.99. The highest BCUT2D eigenvalue weighted by Gasteiger charge is 2.21. The standard InChI is InChI=1S/C15H21ClFNO/c16-13-7-6-12(15(17)10-13)11-18(8-9-19)14-4-2-1-3-5-14/h6-7,10,14,19H,1-5,8-9,11H2. The Hall–Kier alpha value is -0.640. The maximum absolute atomic E-state index is 13.8. The Kier molecular flexibility index (Phi) is 5.61. The van der Waals surface area contributed by atoms with Crippen LogP contribution in [-0.4, -0.2) is 29.2 Å². The second kappa shape index (κ2) is 7.22. The Labute approximate surface area is 119 Å². The normalized spacial score (nSPS) is 17.1. The molecule has 1 fully saturated rings. The van der Waals surface area contributed by atoms with Crippen molar-refractivity contribution in [3.63, 3.8) is 0 Å². The maximum Gasteiger partial charge on any atom is 0.129 e. The molecule has 1 N–H and O–H groups in total. The summed E-state index contributed by atoms with van der Waals surface area (Å²) in [6, 6.07) is 5.29. The molecule has 1 aromatic rings. The average Bonchev–Trinajstić information content (AvgIpc) is 2.42. The van der Waals surface area contributed by atoms with Gasteiger partial charge in [0.15, 0.2) is 0 Å². The first-order valence-corrected chi connectivity index (χ1v) is 7.37. The Balaban J connectivity index is 2.06. The number of aliphatic hydroxyl groups is 1. The van der Waals surface area contributed by atoms with Gasteiger partial charge in [-0.25, -0.2) is 4.39 Å². The quantitative estimate of drug-likeness (QED) is 0.893. The Morgan fingerprint density at radius 3 is 2.63 bits per heavy atom. The van der Waals surface area contributed by atoms with Gasteiger partial charge in [0.2, 0.25) is 0 Å². The molecule has 0 aromatic heterocycles. The topological polar surface area (TPSA) is 23.5 Å². The summed E-state index contributed by atoms with van der Waals surface area (Å²) in [6.07, 6.45) is 6.05. The van der Waals surface area contributed by atoms with Gasteiger partial charge in [0.1, 0.15) is 5.82 Å². The molecular weight excluding hydrogens is 265 g/mol. The van der Waals surface area contributed by atoms with Crippen molar-refractivity contribution in [2.75, 3.05) is 13.2 Å². The number of hydrogen-bond acceptors (Lipinski definition) is 2. The van der Waals surface area contributed by atoms with Crippen LogP contribution in [-0.2, 0) is 6.54 Å². The summed E-state index contributed by atoms with van der Waals surface area (Å²) in [5, 5.41) is 9.63. The van der Waals surface area contributed by atoms with Crippen molar-refractivity contribution >= 4 is 11.6 Å². The van der Waals surface area contributed by atoms with E-state index >= 15 is 0 Å². The third-order valence-electron chi connectivity index (χ3n) is 3.87. The lowest BCUT2D eigenvalue weighted by atomic mass is 9.94. The number of nitrogens with zero attached hydrogens (tertiary/aromatic N) is 1. The van der Waals surface area contributed by atoms with Crippen LogP contribution in [0.5, 0.6) is 0 Å². The molecule has 1 aromatic carbocycles. The van der Waals surface area contributed by atoms with Crippen LogP contribution in [0.3, 0.4) is 0 Å². The molecule has 4 heteroatoms. The minimum absolute atomic E-state index is 0.117. The summed E-state index contributed by atoms with van der Waals surface area (Å²) in [5.74, 6) is -0.258. The highest BCUT2D eigenvalue weighted by molar-refractivity contribution is 6.30. The zero-order chi connectivity index (χ0) is 13.7. The fraction of sp³-hybridized carbons (Fsp3) is 0.600. The van der Waals surface area contributed by atoms with Gasteiger partial charge < -0.3 is 5.11 Å². The number of halogens is 2. The van der Waals surface area contributed by atoms with E-state index in [0.29, 0.717) is 29.7 Å². The molecule has 0 radical (unpaired) electrons. The maximum atomic E-state index is 13.8. The molecule has 0 amide bonds. The summed E-state index contributed by atoms with van der Waals surface area (Å²) >= 11 is 5.77. The predicted octanol–water partition coefficient (Wildman–Crippen LogP) is 3.61. The Morgan fingerprint density at radius 2 is 2.00 bits per heavy atom. The number of hydrogen-bond donors (Lipinski definition) is 1. The highest BCUT2D eigenvalue weighted by atomic mass is 35.5. The molecular formula is C15H21ClFNO. The van der Waals surface area contributed by atoms with Crippen molar-refractivity contribution in [3.8, 4) is 0 Å². The van der Waals surface area contributed by atoms with Crippen LogP contribution in [0.15, 0.2) is 18.2 Å². The van der Waals surface area contributed by atoms with Crippen molar-refractivity contribution < 1.29 is 9.50 Å². The number of rotatable bonds is 5. The zero-order valence-electron chi connectivity index (χ0n) is 11.1. The smallest absolute Gasteiger partial charge is 0.129 e. The van der Waals surface area contributed by atoms with Gasteiger partial charge in [-0.2, -0.15) is 0 Å². The summed E-state index contributed by atoms with van der Waals surface area (Å²) in [4.78, 5) is 2.20. The summed E-state index contributed by atoms with van der Waals surface area (Å²) < 4.78 is 13.8. The van der Waals surface area contributed by atoms with E-state index in [4.69, 9.17) is 11.6 Å². The zero-order valence-corrected chi connectivity index (χ0v) is 11.9. The van der Waals surface area contributed by atoms with E-state index in [0.717, 1.165) is 12.8 Å². The van der Waals surface area contributed by atoms with Crippen molar-refractivity contribution in [1.82, 2.24) is 4.90 Å². The minimum atomic E-state index is -0.258. The van der Waals surface area contributed by atoms with Crippen molar-refractivity contribution in [1.29, 1.82) is 0 Å². The van der Waals surface area contributed by atoms with Crippen LogP contribution in [0.2, 0.25) is 5.02 Å². The van der Waals surface area contributed by atoms with Crippen LogP contribution >= 0.6 is 11.6 Å². The third kappa shape index (κ3) is 4.16. The number of benzene rings is 1. The van der Waals surface area contributed by atoms with Gasteiger partial charge in [0, 0.05) is 29.7 Å². The highest BCUT2D eigenvalue weighted by Crippen LogP contribution is 2.25. The van der Waals surface area contributed by atoms with Gasteiger partial charge in [-0.05, 0) is 25.0 Å². The van der Waals surface area contributed by atoms with E-state index in [1.54, 1.807) is 12.1 Å². The fourth-order valence-electron chi connectivity index (χ4n) is 2.83.